The van der Waals surface area contributed by atoms with Crippen molar-refractivity contribution < 1.29 is 24.1 Å². The Morgan fingerprint density at radius 2 is 2.17 bits per heavy atom. The average Bonchev–Trinajstić information content (AvgIpc) is 2.46. The minimum absolute atomic E-state index is 0.0301. The number of esters is 1. The van der Waals surface area contributed by atoms with Gasteiger partial charge in [0, 0.05) is 11.9 Å². The molecule has 0 aromatic heterocycles. The molecule has 0 bridgehead atoms. The smallest absolute Gasteiger partial charge is 0.306 e. The summed E-state index contributed by atoms with van der Waals surface area (Å²) < 4.78 is 55.3. The van der Waals surface area contributed by atoms with Gasteiger partial charge in [-0.25, -0.2) is 4.39 Å². The Morgan fingerprint density at radius 1 is 1.44 bits per heavy atom. The minimum Gasteiger partial charge on any atom is -0.494 e. The van der Waals surface area contributed by atoms with Crippen LogP contribution in [0.15, 0.2) is 12.1 Å². The lowest BCUT2D eigenvalue weighted by Gasteiger charge is -2.11. The number of methoxy groups -OCH3 is 1. The first kappa shape index (κ1) is 9.36. The number of aryl methyl sites for hydroxylation is 1. The largest absolute Gasteiger partial charge is 0.494 e. The van der Waals surface area contributed by atoms with Crippen molar-refractivity contribution in [2.75, 3.05) is 13.7 Å². The molecule has 0 aliphatic carbocycles. The third-order valence-electron chi connectivity index (χ3n) is 2.36. The van der Waals surface area contributed by atoms with Gasteiger partial charge in [-0.2, -0.15) is 0 Å². The van der Waals surface area contributed by atoms with Gasteiger partial charge in [-0.1, -0.05) is 13.0 Å². The first-order valence-corrected chi connectivity index (χ1v) is 5.68. The van der Waals surface area contributed by atoms with Crippen molar-refractivity contribution in [2.24, 2.45) is 0 Å². The Labute approximate surface area is 113 Å². The molecule has 1 aromatic carbocycles. The summed E-state index contributed by atoms with van der Waals surface area (Å²) in [6.07, 6.45) is -5.58. The Kier molecular flexibility index (Phi) is 3.64. The second kappa shape index (κ2) is 6.99. The summed E-state index contributed by atoms with van der Waals surface area (Å²) in [5.41, 5.74) is -0.260. The van der Waals surface area contributed by atoms with E-state index in [9.17, 15) is 9.18 Å². The molecule has 0 spiro atoms. The van der Waals surface area contributed by atoms with Gasteiger partial charge in [-0.15, -0.1) is 0 Å². The molecule has 4 heteroatoms. The molecule has 0 saturated heterocycles. The van der Waals surface area contributed by atoms with E-state index in [0.717, 1.165) is 0 Å². The highest BCUT2D eigenvalue weighted by atomic mass is 19.1. The second-order valence-electron chi connectivity index (χ2n) is 3.43. The van der Waals surface area contributed by atoms with Crippen LogP contribution in [-0.2, 0) is 22.3 Å². The number of carbonyl (C=O) groups is 1. The molecule has 0 amide bonds. The second-order valence-corrected chi connectivity index (χ2v) is 3.43. The molecule has 0 heterocycles. The molecule has 0 unspecified atom stereocenters. The Balaban J connectivity index is 3.45. The van der Waals surface area contributed by atoms with Gasteiger partial charge < -0.3 is 9.47 Å². The monoisotopic (exact) mass is 258 g/mol. The molecule has 0 radical (unpaired) electrons. The van der Waals surface area contributed by atoms with Crippen LogP contribution in [0.5, 0.6) is 5.75 Å². The lowest BCUT2D eigenvalue weighted by molar-refractivity contribution is -0.143. The number of rotatable bonds is 6. The molecule has 1 aromatic rings. The molecule has 0 aliphatic rings. The summed E-state index contributed by atoms with van der Waals surface area (Å²) in [4.78, 5) is 11.7. The van der Waals surface area contributed by atoms with E-state index in [4.69, 9.17) is 10.2 Å². The predicted molar refractivity (Wildman–Crippen MR) is 67.3 cm³/mol. The molecule has 1 rings (SSSR count). The summed E-state index contributed by atoms with van der Waals surface area (Å²) in [5, 5.41) is 0. The van der Waals surface area contributed by atoms with Crippen LogP contribution in [0.25, 0.3) is 0 Å². The van der Waals surface area contributed by atoms with Crippen LogP contribution in [-0.4, -0.2) is 19.7 Å². The molecular formula is C14H19FO3. The van der Waals surface area contributed by atoms with Crippen LogP contribution in [0, 0.1) is 5.82 Å². The van der Waals surface area contributed by atoms with Crippen LogP contribution >= 0.6 is 0 Å². The number of hydrogen-bond acceptors (Lipinski definition) is 3. The maximum absolute atomic E-state index is 14.3. The maximum atomic E-state index is 14.3. The van der Waals surface area contributed by atoms with E-state index in [-0.39, 0.29) is 29.9 Å². The molecule has 0 atom stereocenters. The van der Waals surface area contributed by atoms with E-state index in [1.165, 1.54) is 26.2 Å². The SMILES string of the molecule is [2H]C([2H])(C(=O)OCC)C([2H])([2H])c1ccc(OC)c(F)c1CC. The summed E-state index contributed by atoms with van der Waals surface area (Å²) >= 11 is 0. The fraction of sp³-hybridized carbons (Fsp3) is 0.500. The van der Waals surface area contributed by atoms with Gasteiger partial charge in [0.2, 0.25) is 0 Å². The van der Waals surface area contributed by atoms with Crippen molar-refractivity contribution >= 4 is 5.97 Å². The highest BCUT2D eigenvalue weighted by molar-refractivity contribution is 5.69. The van der Waals surface area contributed by atoms with E-state index in [1.807, 2.05) is 0 Å². The van der Waals surface area contributed by atoms with Crippen molar-refractivity contribution in [1.82, 2.24) is 0 Å². The predicted octanol–water partition coefficient (Wildman–Crippen LogP) is 2.89. The van der Waals surface area contributed by atoms with E-state index in [0.29, 0.717) is 0 Å². The minimum atomic E-state index is -2.95. The average molecular weight is 258 g/mol. The molecule has 100 valence electrons. The van der Waals surface area contributed by atoms with Crippen LogP contribution in [0.2, 0.25) is 0 Å². The third kappa shape index (κ3) is 3.45. The Bertz CT molecular complexity index is 561. The van der Waals surface area contributed by atoms with Gasteiger partial charge in [0.05, 0.1) is 13.7 Å². The number of halogens is 1. The van der Waals surface area contributed by atoms with Crippen molar-refractivity contribution in [3.05, 3.63) is 29.1 Å². The topological polar surface area (TPSA) is 35.5 Å². The van der Waals surface area contributed by atoms with Gasteiger partial charge in [0.25, 0.3) is 0 Å². The van der Waals surface area contributed by atoms with Crippen molar-refractivity contribution in [3.63, 3.8) is 0 Å². The maximum Gasteiger partial charge on any atom is 0.306 e. The van der Waals surface area contributed by atoms with Crippen molar-refractivity contribution in [3.8, 4) is 5.75 Å². The summed E-state index contributed by atoms with van der Waals surface area (Å²) in [6.45, 7) is 3.03. The van der Waals surface area contributed by atoms with Crippen LogP contribution in [0.1, 0.15) is 36.8 Å². The quantitative estimate of drug-likeness (QED) is 0.736. The van der Waals surface area contributed by atoms with Crippen LogP contribution in [0.4, 0.5) is 4.39 Å². The number of hydrogen-bond donors (Lipinski definition) is 0. The third-order valence-corrected chi connectivity index (χ3v) is 2.36. The zero-order chi connectivity index (χ0) is 17.1. The molecular weight excluding hydrogens is 235 g/mol. The van der Waals surface area contributed by atoms with Crippen LogP contribution < -0.4 is 4.74 Å². The van der Waals surface area contributed by atoms with Crippen LogP contribution in [0.3, 0.4) is 0 Å². The molecule has 0 fully saturated rings. The lowest BCUT2D eigenvalue weighted by atomic mass is 10.00. The van der Waals surface area contributed by atoms with Gasteiger partial charge >= 0.3 is 5.97 Å². The fourth-order valence-corrected chi connectivity index (χ4v) is 1.51. The zero-order valence-corrected chi connectivity index (χ0v) is 10.7. The van der Waals surface area contributed by atoms with Gasteiger partial charge in [0.15, 0.2) is 11.6 Å². The highest BCUT2D eigenvalue weighted by Crippen LogP contribution is 2.25. The van der Waals surface area contributed by atoms with Gasteiger partial charge in [-0.05, 0) is 36.9 Å². The zero-order valence-electron chi connectivity index (χ0n) is 14.7. The molecule has 0 N–H and O–H groups in total. The Hall–Kier alpha value is -1.58. The first-order valence-electron chi connectivity index (χ1n) is 7.68. The first-order chi connectivity index (χ1) is 10.1. The molecule has 0 saturated carbocycles. The number of benzene rings is 1. The van der Waals surface area contributed by atoms with Crippen molar-refractivity contribution in [1.29, 1.82) is 0 Å². The van der Waals surface area contributed by atoms with Gasteiger partial charge in [0.1, 0.15) is 0 Å². The van der Waals surface area contributed by atoms with Crippen molar-refractivity contribution in [2.45, 2.75) is 33.0 Å². The number of carbonyl (C=O) groups excluding carboxylic acids is 1. The Morgan fingerprint density at radius 3 is 2.72 bits per heavy atom. The van der Waals surface area contributed by atoms with E-state index in [1.54, 1.807) is 6.92 Å². The molecule has 3 nitrogen and oxygen atoms in total. The van der Waals surface area contributed by atoms with E-state index < -0.39 is 24.5 Å². The number of ether oxygens (including phenoxy) is 2. The van der Waals surface area contributed by atoms with E-state index in [2.05, 4.69) is 4.74 Å². The summed E-state index contributed by atoms with van der Waals surface area (Å²) in [5.74, 6) is -2.14. The van der Waals surface area contributed by atoms with E-state index >= 15 is 0 Å². The fourth-order valence-electron chi connectivity index (χ4n) is 1.51. The summed E-state index contributed by atoms with van der Waals surface area (Å²) in [7, 11) is 1.28. The highest BCUT2D eigenvalue weighted by Gasteiger charge is 2.13. The normalized spacial score (nSPS) is 15.1. The van der Waals surface area contributed by atoms with Gasteiger partial charge in [-0.3, -0.25) is 4.79 Å². The molecule has 0 aliphatic heterocycles. The lowest BCUT2D eigenvalue weighted by Crippen LogP contribution is -2.07. The molecule has 18 heavy (non-hydrogen) atoms. The summed E-state index contributed by atoms with van der Waals surface area (Å²) in [6, 6.07) is 2.45. The standard InChI is InChI=1S/C14H19FO3/c1-4-11-10(7-9-13(16)18-5-2)6-8-12(17-3)14(11)15/h6,8H,4-5,7,9H2,1-3H3/i7D2,9D2.